The monoisotopic (exact) mass is 367 g/mol. The van der Waals surface area contributed by atoms with Crippen molar-refractivity contribution >= 4 is 0 Å². The number of halogens is 1. The lowest BCUT2D eigenvalue weighted by Crippen LogP contribution is -2.31. The van der Waals surface area contributed by atoms with Gasteiger partial charge in [0.15, 0.2) is 0 Å². The van der Waals surface area contributed by atoms with Crippen LogP contribution in [0.5, 0.6) is 0 Å². The molecule has 146 valence electrons. The largest absolute Gasteiger partial charge is 0.299 e. The lowest BCUT2D eigenvalue weighted by Gasteiger charge is -2.28. The predicted octanol–water partition coefficient (Wildman–Crippen LogP) is 6.53. The minimum absolute atomic E-state index is 0.119. The van der Waals surface area contributed by atoms with Gasteiger partial charge in [0.05, 0.1) is 0 Å². The summed E-state index contributed by atoms with van der Waals surface area (Å²) >= 11 is 0. The van der Waals surface area contributed by atoms with E-state index in [4.69, 9.17) is 0 Å². The van der Waals surface area contributed by atoms with Crippen LogP contribution in [0.2, 0.25) is 0 Å². The first-order chi connectivity index (χ1) is 13.2. The highest BCUT2D eigenvalue weighted by Gasteiger charge is 2.25. The first-order valence-corrected chi connectivity index (χ1v) is 10.6. The van der Waals surface area contributed by atoms with E-state index >= 15 is 0 Å². The zero-order valence-electron chi connectivity index (χ0n) is 16.9. The molecule has 3 atom stereocenters. The third kappa shape index (κ3) is 5.65. The maximum absolute atomic E-state index is 14.2. The average Bonchev–Trinajstić information content (AvgIpc) is 2.70. The molecule has 1 saturated carbocycles. The number of aryl methyl sites for hydroxylation is 1. The summed E-state index contributed by atoms with van der Waals surface area (Å²) in [7, 11) is 2.23. The van der Waals surface area contributed by atoms with Gasteiger partial charge in [0.25, 0.3) is 0 Å². The Labute approximate surface area is 164 Å². The van der Waals surface area contributed by atoms with Crippen molar-refractivity contribution in [3.8, 4) is 0 Å². The molecule has 2 aromatic carbocycles. The molecular weight excluding hydrogens is 333 g/mol. The van der Waals surface area contributed by atoms with E-state index in [0.717, 1.165) is 45.1 Å². The molecule has 1 nitrogen and oxygen atoms in total. The summed E-state index contributed by atoms with van der Waals surface area (Å²) < 4.78 is 14.2. The number of hydrogen-bond acceptors (Lipinski definition) is 1. The lowest BCUT2D eigenvalue weighted by molar-refractivity contribution is 0.215. The van der Waals surface area contributed by atoms with E-state index in [0.29, 0.717) is 6.04 Å². The molecule has 1 fully saturated rings. The molecule has 0 aromatic heterocycles. The Morgan fingerprint density at radius 2 is 1.67 bits per heavy atom. The second-order valence-corrected chi connectivity index (χ2v) is 8.15. The first-order valence-electron chi connectivity index (χ1n) is 10.6. The minimum Gasteiger partial charge on any atom is -0.299 e. The Morgan fingerprint density at radius 3 is 2.33 bits per heavy atom. The molecule has 0 aliphatic heterocycles. The molecule has 0 bridgehead atoms. The van der Waals surface area contributed by atoms with Crippen LogP contribution in [-0.4, -0.2) is 24.2 Å². The van der Waals surface area contributed by atoms with Crippen molar-refractivity contribution in [1.82, 2.24) is 4.90 Å². The van der Waals surface area contributed by atoms with Crippen LogP contribution in [0, 0.1) is 0 Å². The van der Waals surface area contributed by atoms with Crippen LogP contribution < -0.4 is 0 Å². The van der Waals surface area contributed by atoms with Gasteiger partial charge in [-0.25, -0.2) is 4.39 Å². The molecule has 1 aliphatic rings. The van der Waals surface area contributed by atoms with Crippen LogP contribution in [0.15, 0.2) is 54.6 Å². The number of hydrogen-bond donors (Lipinski definition) is 0. The van der Waals surface area contributed by atoms with Crippen molar-refractivity contribution in [3.05, 3.63) is 71.3 Å². The topological polar surface area (TPSA) is 3.24 Å². The molecule has 3 unspecified atom stereocenters. The Balaban J connectivity index is 1.53. The highest BCUT2D eigenvalue weighted by Crippen LogP contribution is 2.35. The first kappa shape index (κ1) is 20.1. The van der Waals surface area contributed by atoms with Gasteiger partial charge in [0.2, 0.25) is 0 Å². The van der Waals surface area contributed by atoms with Gasteiger partial charge in [-0.2, -0.15) is 0 Å². The molecule has 0 spiro atoms. The molecule has 1 aliphatic carbocycles. The molecule has 2 aromatic rings. The van der Waals surface area contributed by atoms with E-state index in [1.807, 2.05) is 0 Å². The Bertz CT molecular complexity index is 666. The molecule has 0 saturated heterocycles. The zero-order chi connectivity index (χ0) is 19.1. The molecule has 0 heterocycles. The van der Waals surface area contributed by atoms with Gasteiger partial charge in [-0.3, -0.25) is 4.90 Å². The van der Waals surface area contributed by atoms with Crippen LogP contribution >= 0.6 is 0 Å². The highest BCUT2D eigenvalue weighted by molar-refractivity contribution is 5.27. The molecule has 3 rings (SSSR count). The molecule has 2 heteroatoms. The molecule has 0 N–H and O–H groups in total. The second kappa shape index (κ2) is 10.0. The Morgan fingerprint density at radius 1 is 0.963 bits per heavy atom. The van der Waals surface area contributed by atoms with Gasteiger partial charge < -0.3 is 0 Å². The third-order valence-corrected chi connectivity index (χ3v) is 6.23. The van der Waals surface area contributed by atoms with Gasteiger partial charge in [-0.1, -0.05) is 74.4 Å². The minimum atomic E-state index is -0.652. The van der Waals surface area contributed by atoms with Crippen molar-refractivity contribution in [2.45, 2.75) is 76.5 Å². The van der Waals surface area contributed by atoms with E-state index in [1.54, 1.807) is 0 Å². The molecule has 0 radical (unpaired) electrons. The zero-order valence-corrected chi connectivity index (χ0v) is 16.9. The van der Waals surface area contributed by atoms with E-state index < -0.39 is 6.17 Å². The van der Waals surface area contributed by atoms with Gasteiger partial charge in [0, 0.05) is 18.5 Å². The number of benzene rings is 2. The smallest absolute Gasteiger partial charge is 0.107 e. The van der Waals surface area contributed by atoms with Crippen molar-refractivity contribution in [2.24, 2.45) is 0 Å². The van der Waals surface area contributed by atoms with Crippen molar-refractivity contribution < 1.29 is 4.39 Å². The van der Waals surface area contributed by atoms with Gasteiger partial charge in [0.1, 0.15) is 6.17 Å². The van der Waals surface area contributed by atoms with Crippen LogP contribution in [-0.2, 0) is 13.0 Å². The summed E-state index contributed by atoms with van der Waals surface area (Å²) in [5, 5.41) is 0. The quantitative estimate of drug-likeness (QED) is 0.513. The summed E-state index contributed by atoms with van der Waals surface area (Å²) in [5.74, 6) is 0.119. The Hall–Kier alpha value is -1.67. The van der Waals surface area contributed by atoms with Crippen LogP contribution in [0.1, 0.15) is 68.1 Å². The van der Waals surface area contributed by atoms with E-state index in [9.17, 15) is 4.39 Å². The summed E-state index contributed by atoms with van der Waals surface area (Å²) in [4.78, 5) is 2.47. The fourth-order valence-electron chi connectivity index (χ4n) is 4.46. The maximum Gasteiger partial charge on any atom is 0.107 e. The van der Waals surface area contributed by atoms with Gasteiger partial charge in [-0.05, 0) is 55.8 Å². The van der Waals surface area contributed by atoms with Gasteiger partial charge in [-0.15, -0.1) is 0 Å². The standard InChI is InChI=1S/C25H34FN/c1-3-23(27(2)19-21-9-5-4-6-10-21)18-15-20-13-16-22(17-14-20)24-11-7-8-12-25(24)26/h4-6,9-10,13-14,16-17,23-25H,3,7-8,11-12,15,18-19H2,1-2H3. The van der Waals surface area contributed by atoms with Crippen molar-refractivity contribution in [3.63, 3.8) is 0 Å². The maximum atomic E-state index is 14.2. The van der Waals surface area contributed by atoms with Crippen molar-refractivity contribution in [1.29, 1.82) is 0 Å². The summed E-state index contributed by atoms with van der Waals surface area (Å²) in [6.45, 7) is 3.28. The van der Waals surface area contributed by atoms with Crippen LogP contribution in [0.25, 0.3) is 0 Å². The van der Waals surface area contributed by atoms with Crippen LogP contribution in [0.3, 0.4) is 0 Å². The van der Waals surface area contributed by atoms with Crippen molar-refractivity contribution in [2.75, 3.05) is 7.05 Å². The lowest BCUT2D eigenvalue weighted by atomic mass is 9.82. The average molecular weight is 368 g/mol. The van der Waals surface area contributed by atoms with E-state index in [1.165, 1.54) is 23.1 Å². The van der Waals surface area contributed by atoms with Gasteiger partial charge >= 0.3 is 0 Å². The number of rotatable bonds is 8. The summed E-state index contributed by atoms with van der Waals surface area (Å²) in [6.07, 6.45) is 6.70. The SMILES string of the molecule is CCC(CCc1ccc(C2CCCCC2F)cc1)N(C)Cc1ccccc1. The summed E-state index contributed by atoms with van der Waals surface area (Å²) in [5.41, 5.74) is 3.94. The molecule has 0 amide bonds. The molecule has 27 heavy (non-hydrogen) atoms. The Kier molecular flexibility index (Phi) is 7.46. The fraction of sp³-hybridized carbons (Fsp3) is 0.520. The van der Waals surface area contributed by atoms with E-state index in [-0.39, 0.29) is 5.92 Å². The highest BCUT2D eigenvalue weighted by atomic mass is 19.1. The fourth-order valence-corrected chi connectivity index (χ4v) is 4.46. The normalized spacial score (nSPS) is 21.3. The predicted molar refractivity (Wildman–Crippen MR) is 113 cm³/mol. The van der Waals surface area contributed by atoms with Crippen LogP contribution in [0.4, 0.5) is 4.39 Å². The summed E-state index contributed by atoms with van der Waals surface area (Å²) in [6, 6.07) is 20.1. The van der Waals surface area contributed by atoms with E-state index in [2.05, 4.69) is 73.5 Å². The third-order valence-electron chi connectivity index (χ3n) is 6.23. The number of nitrogens with zero attached hydrogens (tertiary/aromatic N) is 1. The number of alkyl halides is 1. The second-order valence-electron chi connectivity index (χ2n) is 8.15. The molecular formula is C25H34FN.